The normalized spacial score (nSPS) is 13.3. The summed E-state index contributed by atoms with van der Waals surface area (Å²) in [5.41, 5.74) is 6.29. The average molecular weight is 304 g/mol. The molecule has 0 aromatic heterocycles. The van der Waals surface area contributed by atoms with Crippen LogP contribution in [0.1, 0.15) is 12.5 Å². The van der Waals surface area contributed by atoms with Crippen molar-refractivity contribution in [1.29, 1.82) is 0 Å². The maximum Gasteiger partial charge on any atom is 0.244 e. The van der Waals surface area contributed by atoms with Crippen LogP contribution < -0.4 is 15.2 Å². The Morgan fingerprint density at radius 3 is 2.68 bits per heavy atom. The quantitative estimate of drug-likeness (QED) is 0.790. The zero-order valence-electron chi connectivity index (χ0n) is 11.3. The van der Waals surface area contributed by atoms with E-state index >= 15 is 0 Å². The molecule has 0 radical (unpaired) electrons. The van der Waals surface area contributed by atoms with Crippen molar-refractivity contribution in [1.82, 2.24) is 4.72 Å². The summed E-state index contributed by atoms with van der Waals surface area (Å²) in [6, 6.07) is 4.78. The van der Waals surface area contributed by atoms with Gasteiger partial charge in [0.25, 0.3) is 0 Å². The number of thioether (sulfide) groups is 1. The minimum Gasteiger partial charge on any atom is -0.495 e. The molecule has 0 heterocycles. The number of ether oxygens (including phenoxy) is 1. The van der Waals surface area contributed by atoms with Gasteiger partial charge in [0.2, 0.25) is 10.0 Å². The fourth-order valence-electron chi connectivity index (χ4n) is 1.67. The third kappa shape index (κ3) is 4.38. The highest BCUT2D eigenvalue weighted by atomic mass is 32.2. The Morgan fingerprint density at radius 2 is 2.16 bits per heavy atom. The third-order valence-electron chi connectivity index (χ3n) is 2.53. The molecule has 108 valence electrons. The lowest BCUT2D eigenvalue weighted by Gasteiger charge is -2.15. The second-order valence-electron chi connectivity index (χ2n) is 4.17. The Balaban J connectivity index is 3.11. The third-order valence-corrected chi connectivity index (χ3v) is 4.97. The van der Waals surface area contributed by atoms with Gasteiger partial charge in [0.1, 0.15) is 10.6 Å². The lowest BCUT2D eigenvalue weighted by Crippen LogP contribution is -2.34. The largest absolute Gasteiger partial charge is 0.495 e. The lowest BCUT2D eigenvalue weighted by atomic mass is 10.2. The van der Waals surface area contributed by atoms with Crippen molar-refractivity contribution < 1.29 is 13.2 Å². The summed E-state index contributed by atoms with van der Waals surface area (Å²) < 4.78 is 32.4. The molecule has 0 fully saturated rings. The summed E-state index contributed by atoms with van der Waals surface area (Å²) in [7, 11) is -2.15. The van der Waals surface area contributed by atoms with E-state index in [1.165, 1.54) is 7.11 Å². The summed E-state index contributed by atoms with van der Waals surface area (Å²) in [6.07, 6.45) is 1.93. The average Bonchev–Trinajstić information content (AvgIpc) is 2.37. The molecule has 0 aliphatic heterocycles. The van der Waals surface area contributed by atoms with Gasteiger partial charge in [-0.05, 0) is 30.9 Å². The van der Waals surface area contributed by atoms with Crippen LogP contribution in [0, 0.1) is 0 Å². The molecular formula is C12H20N2O3S2. The van der Waals surface area contributed by atoms with Gasteiger partial charge in [0.15, 0.2) is 0 Å². The summed E-state index contributed by atoms with van der Waals surface area (Å²) in [5.74, 6) is 1.03. The Morgan fingerprint density at radius 1 is 1.47 bits per heavy atom. The minimum absolute atomic E-state index is 0.130. The van der Waals surface area contributed by atoms with Gasteiger partial charge in [-0.15, -0.1) is 0 Å². The van der Waals surface area contributed by atoms with Gasteiger partial charge in [0, 0.05) is 18.3 Å². The van der Waals surface area contributed by atoms with Crippen molar-refractivity contribution in [2.75, 3.05) is 19.1 Å². The van der Waals surface area contributed by atoms with E-state index in [9.17, 15) is 8.42 Å². The molecular weight excluding hydrogens is 284 g/mol. The number of hydrogen-bond donors (Lipinski definition) is 2. The SMILES string of the molecule is COc1ccc(CN)cc1S(=O)(=O)NC(C)CSC. The standard InChI is InChI=1S/C12H20N2O3S2/c1-9(8-18-3)14-19(15,16)12-6-10(7-13)4-5-11(12)17-2/h4-6,9,14H,7-8,13H2,1-3H3. The summed E-state index contributed by atoms with van der Waals surface area (Å²) >= 11 is 1.59. The van der Waals surface area contributed by atoms with Gasteiger partial charge in [-0.3, -0.25) is 0 Å². The van der Waals surface area contributed by atoms with Crippen molar-refractivity contribution in [3.05, 3.63) is 23.8 Å². The van der Waals surface area contributed by atoms with Gasteiger partial charge >= 0.3 is 0 Å². The highest BCUT2D eigenvalue weighted by Crippen LogP contribution is 2.25. The highest BCUT2D eigenvalue weighted by molar-refractivity contribution is 7.98. The molecule has 0 aliphatic rings. The Kier molecular flexibility index (Phi) is 6.12. The highest BCUT2D eigenvalue weighted by Gasteiger charge is 2.21. The molecule has 1 rings (SSSR count). The molecule has 1 unspecified atom stereocenters. The number of rotatable bonds is 7. The van der Waals surface area contributed by atoms with Crippen molar-refractivity contribution in [3.63, 3.8) is 0 Å². The van der Waals surface area contributed by atoms with Gasteiger partial charge in [0.05, 0.1) is 7.11 Å². The first-order chi connectivity index (χ1) is 8.94. The molecule has 0 saturated heterocycles. The van der Waals surface area contributed by atoms with E-state index in [0.717, 1.165) is 5.56 Å². The van der Waals surface area contributed by atoms with E-state index in [2.05, 4.69) is 4.72 Å². The molecule has 5 nitrogen and oxygen atoms in total. The molecule has 0 bridgehead atoms. The van der Waals surface area contributed by atoms with E-state index in [1.54, 1.807) is 30.0 Å². The van der Waals surface area contributed by atoms with Crippen LogP contribution in [0.4, 0.5) is 0 Å². The summed E-state index contributed by atoms with van der Waals surface area (Å²) in [4.78, 5) is 0.130. The number of benzene rings is 1. The zero-order chi connectivity index (χ0) is 14.5. The van der Waals surface area contributed by atoms with Gasteiger partial charge in [-0.25, -0.2) is 13.1 Å². The smallest absolute Gasteiger partial charge is 0.244 e. The van der Waals surface area contributed by atoms with E-state index in [1.807, 2.05) is 13.2 Å². The first kappa shape index (κ1) is 16.3. The Labute approximate surface area is 119 Å². The summed E-state index contributed by atoms with van der Waals surface area (Å²) in [5, 5.41) is 0. The Hall–Kier alpha value is -0.760. The molecule has 0 saturated carbocycles. The minimum atomic E-state index is -3.60. The van der Waals surface area contributed by atoms with E-state index in [4.69, 9.17) is 10.5 Å². The molecule has 3 N–H and O–H groups in total. The van der Waals surface area contributed by atoms with Crippen LogP contribution in [0.5, 0.6) is 5.75 Å². The maximum absolute atomic E-state index is 12.3. The number of nitrogens with two attached hydrogens (primary N) is 1. The van der Waals surface area contributed by atoms with Gasteiger partial charge < -0.3 is 10.5 Å². The fourth-order valence-corrected chi connectivity index (χ4v) is 3.82. The molecule has 1 aromatic carbocycles. The molecule has 1 aromatic rings. The van der Waals surface area contributed by atoms with Crippen molar-refractivity contribution in [2.24, 2.45) is 5.73 Å². The molecule has 0 amide bonds. The number of sulfonamides is 1. The fraction of sp³-hybridized carbons (Fsp3) is 0.500. The van der Waals surface area contributed by atoms with Crippen LogP contribution in [0.15, 0.2) is 23.1 Å². The van der Waals surface area contributed by atoms with Crippen LogP contribution >= 0.6 is 11.8 Å². The van der Waals surface area contributed by atoms with Crippen LogP contribution in [-0.4, -0.2) is 33.6 Å². The van der Waals surface area contributed by atoms with Gasteiger partial charge in [-0.2, -0.15) is 11.8 Å². The number of methoxy groups -OCH3 is 1. The number of nitrogens with one attached hydrogen (secondary N) is 1. The lowest BCUT2D eigenvalue weighted by molar-refractivity contribution is 0.402. The molecule has 19 heavy (non-hydrogen) atoms. The molecule has 1 atom stereocenters. The van der Waals surface area contributed by atoms with Crippen molar-refractivity contribution >= 4 is 21.8 Å². The zero-order valence-corrected chi connectivity index (χ0v) is 13.0. The topological polar surface area (TPSA) is 81.4 Å². The predicted molar refractivity (Wildman–Crippen MR) is 79.1 cm³/mol. The van der Waals surface area contributed by atoms with E-state index in [-0.39, 0.29) is 17.5 Å². The molecule has 0 spiro atoms. The van der Waals surface area contributed by atoms with E-state index < -0.39 is 10.0 Å². The van der Waals surface area contributed by atoms with E-state index in [0.29, 0.717) is 11.5 Å². The first-order valence-corrected chi connectivity index (χ1v) is 8.70. The van der Waals surface area contributed by atoms with Crippen molar-refractivity contribution in [2.45, 2.75) is 24.4 Å². The van der Waals surface area contributed by atoms with Crippen LogP contribution in [0.3, 0.4) is 0 Å². The van der Waals surface area contributed by atoms with Crippen LogP contribution in [0.25, 0.3) is 0 Å². The molecule has 0 aliphatic carbocycles. The monoisotopic (exact) mass is 304 g/mol. The van der Waals surface area contributed by atoms with Crippen LogP contribution in [-0.2, 0) is 16.6 Å². The Bertz CT molecular complexity index is 518. The van der Waals surface area contributed by atoms with Crippen LogP contribution in [0.2, 0.25) is 0 Å². The number of hydrogen-bond acceptors (Lipinski definition) is 5. The maximum atomic E-state index is 12.3. The second-order valence-corrected chi connectivity index (χ2v) is 6.76. The first-order valence-electron chi connectivity index (χ1n) is 5.82. The van der Waals surface area contributed by atoms with Gasteiger partial charge in [-0.1, -0.05) is 6.07 Å². The summed E-state index contributed by atoms with van der Waals surface area (Å²) in [6.45, 7) is 2.11. The molecule has 7 heteroatoms. The second kappa shape index (κ2) is 7.14. The van der Waals surface area contributed by atoms with Crippen molar-refractivity contribution in [3.8, 4) is 5.75 Å². The predicted octanol–water partition coefficient (Wildman–Crippen LogP) is 1.18.